The Bertz CT molecular complexity index is 1730. The number of amides is 1. The summed E-state index contributed by atoms with van der Waals surface area (Å²) in [4.78, 5) is 17.0. The Morgan fingerprint density at radius 3 is 2.68 bits per heavy atom. The van der Waals surface area contributed by atoms with Crippen molar-refractivity contribution >= 4 is 80.9 Å². The van der Waals surface area contributed by atoms with Crippen molar-refractivity contribution in [3.8, 4) is 22.8 Å². The predicted octanol–water partition coefficient (Wildman–Crippen LogP) is 8.55. The van der Waals surface area contributed by atoms with E-state index in [1.54, 1.807) is 48.5 Å². The van der Waals surface area contributed by atoms with Gasteiger partial charge in [-0.05, 0) is 85.4 Å². The number of carbonyl (C=O) groups is 1. The smallest absolute Gasteiger partial charge is 0.250 e. The van der Waals surface area contributed by atoms with Gasteiger partial charge in [-0.15, -0.1) is 0 Å². The number of fused-ring (bicyclic) bond motifs is 1. The normalized spacial score (nSPS) is 11.3. The summed E-state index contributed by atoms with van der Waals surface area (Å²) in [6, 6.07) is 19.7. The molecule has 5 rings (SSSR count). The number of nitrogens with one attached hydrogen (secondary N) is 2. The molecule has 190 valence electrons. The molecule has 2 aromatic heterocycles. The highest BCUT2D eigenvalue weighted by molar-refractivity contribution is 7.80. The Balaban J connectivity index is 1.24. The van der Waals surface area contributed by atoms with Crippen LogP contribution in [0.5, 0.6) is 0 Å². The van der Waals surface area contributed by atoms with Crippen LogP contribution >= 0.6 is 47.0 Å². The third-order valence-corrected chi connectivity index (χ3v) is 6.82. The number of furan rings is 1. The highest BCUT2D eigenvalue weighted by Crippen LogP contribution is 2.34. The zero-order valence-electron chi connectivity index (χ0n) is 19.7. The topological polar surface area (TPSA) is 80.3 Å². The summed E-state index contributed by atoms with van der Waals surface area (Å²) in [5.74, 6) is 1.02. The van der Waals surface area contributed by atoms with Crippen molar-refractivity contribution in [2.24, 2.45) is 0 Å². The van der Waals surface area contributed by atoms with Crippen LogP contribution in [0.25, 0.3) is 40.0 Å². The molecule has 2 heterocycles. The van der Waals surface area contributed by atoms with Crippen molar-refractivity contribution in [1.29, 1.82) is 0 Å². The summed E-state index contributed by atoms with van der Waals surface area (Å²) in [5.41, 5.74) is 4.32. The second-order valence-corrected chi connectivity index (χ2v) is 9.87. The molecule has 0 saturated carbocycles. The van der Waals surface area contributed by atoms with Gasteiger partial charge in [0.1, 0.15) is 17.0 Å². The van der Waals surface area contributed by atoms with E-state index in [2.05, 4.69) is 15.6 Å². The number of hydrogen-bond acceptors (Lipinski definition) is 5. The van der Waals surface area contributed by atoms with Gasteiger partial charge in [0.15, 0.2) is 10.7 Å². The second kappa shape index (κ2) is 11.0. The zero-order chi connectivity index (χ0) is 26.8. The van der Waals surface area contributed by atoms with Crippen LogP contribution in [0.2, 0.25) is 15.1 Å². The predicted molar refractivity (Wildman–Crippen MR) is 157 cm³/mol. The Morgan fingerprint density at radius 2 is 1.84 bits per heavy atom. The first-order valence-electron chi connectivity index (χ1n) is 11.3. The Morgan fingerprint density at radius 1 is 1.00 bits per heavy atom. The van der Waals surface area contributed by atoms with Crippen molar-refractivity contribution in [3.63, 3.8) is 0 Å². The lowest BCUT2D eigenvalue weighted by molar-refractivity contribution is -0.115. The molecule has 3 aromatic carbocycles. The molecule has 10 heteroatoms. The summed E-state index contributed by atoms with van der Waals surface area (Å²) < 4.78 is 11.6. The second-order valence-electron chi connectivity index (χ2n) is 8.24. The lowest BCUT2D eigenvalue weighted by Crippen LogP contribution is -2.33. The number of carbonyl (C=O) groups excluding carboxylic acids is 1. The van der Waals surface area contributed by atoms with E-state index in [0.717, 1.165) is 11.1 Å². The largest absolute Gasteiger partial charge is 0.457 e. The van der Waals surface area contributed by atoms with Gasteiger partial charge in [0.05, 0.1) is 10.0 Å². The van der Waals surface area contributed by atoms with Crippen LogP contribution in [0.4, 0.5) is 5.69 Å². The van der Waals surface area contributed by atoms with E-state index in [1.165, 1.54) is 12.2 Å². The fraction of sp³-hybridized carbons (Fsp3) is 0.0357. The number of halogens is 3. The minimum absolute atomic E-state index is 0.134. The number of nitrogens with zero attached hydrogens (tertiary/aromatic N) is 1. The van der Waals surface area contributed by atoms with E-state index in [4.69, 9.17) is 55.9 Å². The molecule has 0 aliphatic rings. The maximum Gasteiger partial charge on any atom is 0.250 e. The Kier molecular flexibility index (Phi) is 7.53. The third kappa shape index (κ3) is 5.76. The number of oxazole rings is 1. The molecule has 0 aliphatic heterocycles. The lowest BCUT2D eigenvalue weighted by atomic mass is 10.1. The van der Waals surface area contributed by atoms with Gasteiger partial charge in [-0.1, -0.05) is 46.9 Å². The SMILES string of the molecule is Cc1ccc(-c2nc3cc(Cl)ccc3o2)cc1NC(=S)NC(=O)C=Cc1ccc(-c2cccc(Cl)c2Cl)o1. The number of anilines is 1. The summed E-state index contributed by atoms with van der Waals surface area (Å²) in [7, 11) is 0. The molecule has 1 amide bonds. The molecule has 0 atom stereocenters. The molecule has 6 nitrogen and oxygen atoms in total. The average Bonchev–Trinajstić information content (AvgIpc) is 3.52. The fourth-order valence-electron chi connectivity index (χ4n) is 3.66. The first-order chi connectivity index (χ1) is 18.3. The van der Waals surface area contributed by atoms with Gasteiger partial charge in [0, 0.05) is 27.9 Å². The Hall–Kier alpha value is -3.62. The molecule has 0 spiro atoms. The molecule has 0 saturated heterocycles. The zero-order valence-corrected chi connectivity index (χ0v) is 22.8. The molecular formula is C28H18Cl3N3O3S. The van der Waals surface area contributed by atoms with Crippen LogP contribution in [0.3, 0.4) is 0 Å². The summed E-state index contributed by atoms with van der Waals surface area (Å²) in [6.07, 6.45) is 2.86. The van der Waals surface area contributed by atoms with Crippen molar-refractivity contribution in [1.82, 2.24) is 10.3 Å². The van der Waals surface area contributed by atoms with Gasteiger partial charge in [-0.25, -0.2) is 4.98 Å². The van der Waals surface area contributed by atoms with Crippen LogP contribution < -0.4 is 10.6 Å². The number of hydrogen-bond donors (Lipinski definition) is 2. The van der Waals surface area contributed by atoms with Gasteiger partial charge < -0.3 is 14.2 Å². The fourth-order valence-corrected chi connectivity index (χ4v) is 4.43. The first-order valence-corrected chi connectivity index (χ1v) is 12.8. The molecule has 38 heavy (non-hydrogen) atoms. The monoisotopic (exact) mass is 581 g/mol. The molecule has 0 unspecified atom stereocenters. The number of benzene rings is 3. The average molecular weight is 583 g/mol. The van der Waals surface area contributed by atoms with E-state index in [0.29, 0.717) is 54.8 Å². The minimum atomic E-state index is -0.425. The van der Waals surface area contributed by atoms with Crippen molar-refractivity contribution in [2.45, 2.75) is 6.92 Å². The molecule has 5 aromatic rings. The van der Waals surface area contributed by atoms with Crippen LogP contribution in [-0.4, -0.2) is 16.0 Å². The van der Waals surface area contributed by atoms with Gasteiger partial charge >= 0.3 is 0 Å². The number of aryl methyl sites for hydroxylation is 1. The van der Waals surface area contributed by atoms with Crippen molar-refractivity contribution < 1.29 is 13.6 Å². The molecule has 0 fully saturated rings. The maximum absolute atomic E-state index is 12.5. The highest BCUT2D eigenvalue weighted by Gasteiger charge is 2.13. The summed E-state index contributed by atoms with van der Waals surface area (Å²) in [6.45, 7) is 1.92. The maximum atomic E-state index is 12.5. The summed E-state index contributed by atoms with van der Waals surface area (Å²) in [5, 5.41) is 7.22. The van der Waals surface area contributed by atoms with E-state index in [-0.39, 0.29) is 5.11 Å². The molecular weight excluding hydrogens is 565 g/mol. The summed E-state index contributed by atoms with van der Waals surface area (Å²) >= 11 is 23.7. The van der Waals surface area contributed by atoms with Gasteiger partial charge in [-0.2, -0.15) is 0 Å². The first kappa shape index (κ1) is 26.0. The molecule has 2 N–H and O–H groups in total. The molecule has 0 radical (unpaired) electrons. The van der Waals surface area contributed by atoms with E-state index < -0.39 is 5.91 Å². The quantitative estimate of drug-likeness (QED) is 0.160. The lowest BCUT2D eigenvalue weighted by Gasteiger charge is -2.11. The number of rotatable bonds is 5. The van der Waals surface area contributed by atoms with E-state index in [1.807, 2.05) is 25.1 Å². The van der Waals surface area contributed by atoms with Crippen molar-refractivity contribution in [2.75, 3.05) is 5.32 Å². The molecule has 0 bridgehead atoms. The van der Waals surface area contributed by atoms with Crippen LogP contribution in [0, 0.1) is 6.92 Å². The van der Waals surface area contributed by atoms with Crippen molar-refractivity contribution in [3.05, 3.63) is 99.2 Å². The van der Waals surface area contributed by atoms with Crippen LogP contribution in [-0.2, 0) is 4.79 Å². The Labute approximate surface area is 238 Å². The van der Waals surface area contributed by atoms with E-state index >= 15 is 0 Å². The van der Waals surface area contributed by atoms with Crippen LogP contribution in [0.1, 0.15) is 11.3 Å². The van der Waals surface area contributed by atoms with Gasteiger partial charge in [0.25, 0.3) is 0 Å². The number of aromatic nitrogens is 1. The highest BCUT2D eigenvalue weighted by atomic mass is 35.5. The van der Waals surface area contributed by atoms with Gasteiger partial charge in [-0.3, -0.25) is 10.1 Å². The van der Waals surface area contributed by atoms with E-state index in [9.17, 15) is 4.79 Å². The minimum Gasteiger partial charge on any atom is -0.457 e. The number of thiocarbonyl (C=S) groups is 1. The van der Waals surface area contributed by atoms with Crippen LogP contribution in [0.15, 0.2) is 81.6 Å². The molecule has 0 aliphatic carbocycles. The van der Waals surface area contributed by atoms with Gasteiger partial charge in [0.2, 0.25) is 11.8 Å². The standard InChI is InChI=1S/C28H18Cl3N3O3S/c1-15-5-6-16(27-32-22-14-17(29)7-10-24(22)37-27)13-21(15)33-28(38)34-25(35)12-9-18-8-11-23(36-18)19-3-2-4-20(30)26(19)31/h2-14H,1H3,(H2,33,34,35,38). The third-order valence-electron chi connectivity index (χ3n) is 5.56.